The number of amides is 1. The van der Waals surface area contributed by atoms with Crippen LogP contribution in [0.25, 0.3) is 0 Å². The first-order valence-corrected chi connectivity index (χ1v) is 10.3. The molecule has 0 unspecified atom stereocenters. The number of aromatic nitrogens is 2. The molecule has 1 aliphatic heterocycles. The van der Waals surface area contributed by atoms with Crippen molar-refractivity contribution < 1.29 is 13.9 Å². The van der Waals surface area contributed by atoms with Crippen molar-refractivity contribution in [2.75, 3.05) is 0 Å². The van der Waals surface area contributed by atoms with E-state index in [1.807, 2.05) is 6.07 Å². The Morgan fingerprint density at radius 2 is 1.76 bits per heavy atom. The number of alkyl carbamates (subject to hydrolysis) is 1. The van der Waals surface area contributed by atoms with E-state index in [9.17, 15) is 9.18 Å². The second-order valence-electron chi connectivity index (χ2n) is 6.04. The Kier molecular flexibility index (Phi) is 7.41. The fourth-order valence-corrected chi connectivity index (χ4v) is 3.23. The normalized spacial score (nSPS) is 17.7. The molecule has 1 amide bonds. The molecule has 1 saturated heterocycles. The number of hydrogen-bond acceptors (Lipinski definition) is 4. The van der Waals surface area contributed by atoms with Gasteiger partial charge < -0.3 is 10.1 Å². The number of benzene rings is 1. The molecule has 3 aromatic rings. The zero-order valence-corrected chi connectivity index (χ0v) is 18.0. The van der Waals surface area contributed by atoms with Crippen molar-refractivity contribution in [3.8, 4) is 0 Å². The average Bonchev–Trinajstić information content (AvgIpc) is 3.11. The second kappa shape index (κ2) is 10.0. The van der Waals surface area contributed by atoms with Gasteiger partial charge in [0.2, 0.25) is 0 Å². The number of ether oxygens (including phenoxy) is 1. The first-order chi connectivity index (χ1) is 14.0. The lowest BCUT2D eigenvalue weighted by Gasteiger charge is -2.17. The largest absolute Gasteiger partial charge is 0.439 e. The molecule has 1 fully saturated rings. The minimum absolute atomic E-state index is 0.362. The molecule has 1 aromatic carbocycles. The van der Waals surface area contributed by atoms with Crippen LogP contribution in [0.4, 0.5) is 9.18 Å². The number of rotatable bonds is 3. The van der Waals surface area contributed by atoms with Crippen LogP contribution < -0.4 is 5.32 Å². The molecular formula is C20H15BrCl2FN3O2. The number of hydrogen-bond donors (Lipinski definition) is 1. The Labute approximate surface area is 185 Å². The molecule has 1 aliphatic rings. The zero-order chi connectivity index (χ0) is 20.8. The number of halogens is 4. The number of alkyl halides is 1. The molecule has 0 saturated carbocycles. The lowest BCUT2D eigenvalue weighted by molar-refractivity contribution is 0.132. The van der Waals surface area contributed by atoms with Crippen molar-refractivity contribution in [3.05, 3.63) is 93.7 Å². The highest BCUT2D eigenvalue weighted by molar-refractivity contribution is 9.08. The number of pyridine rings is 2. The van der Waals surface area contributed by atoms with Crippen molar-refractivity contribution in [3.63, 3.8) is 0 Å². The maximum atomic E-state index is 13.3. The van der Waals surface area contributed by atoms with Crippen LogP contribution in [0.2, 0.25) is 10.3 Å². The van der Waals surface area contributed by atoms with Crippen molar-refractivity contribution in [1.82, 2.24) is 15.3 Å². The first-order valence-electron chi connectivity index (χ1n) is 8.46. The second-order valence-corrected chi connectivity index (χ2v) is 7.38. The molecule has 5 nitrogen and oxygen atoms in total. The van der Waals surface area contributed by atoms with E-state index in [4.69, 9.17) is 27.9 Å². The molecule has 0 radical (unpaired) electrons. The average molecular weight is 499 g/mol. The van der Waals surface area contributed by atoms with Crippen LogP contribution in [-0.4, -0.2) is 16.1 Å². The fraction of sp³-hybridized carbons (Fsp3) is 0.150. The highest BCUT2D eigenvalue weighted by atomic mass is 79.9. The third-order valence-electron chi connectivity index (χ3n) is 4.04. The van der Waals surface area contributed by atoms with Crippen LogP contribution in [0.5, 0.6) is 0 Å². The summed E-state index contributed by atoms with van der Waals surface area (Å²) in [5, 5.41) is 4.43. The van der Waals surface area contributed by atoms with Gasteiger partial charge in [0.15, 0.2) is 6.10 Å². The van der Waals surface area contributed by atoms with Crippen LogP contribution >= 0.6 is 39.1 Å². The molecule has 0 bridgehead atoms. The van der Waals surface area contributed by atoms with E-state index in [2.05, 4.69) is 31.2 Å². The van der Waals surface area contributed by atoms with E-state index >= 15 is 0 Å². The Balaban J connectivity index is 0.000000224. The van der Waals surface area contributed by atoms with Gasteiger partial charge >= 0.3 is 6.09 Å². The number of cyclic esters (lactones) is 1. The Morgan fingerprint density at radius 3 is 2.34 bits per heavy atom. The smallest absolute Gasteiger partial charge is 0.408 e. The van der Waals surface area contributed by atoms with E-state index in [0.717, 1.165) is 16.5 Å². The Bertz CT molecular complexity index is 974. The third kappa shape index (κ3) is 5.88. The lowest BCUT2D eigenvalue weighted by Crippen LogP contribution is -2.19. The topological polar surface area (TPSA) is 64.1 Å². The fourth-order valence-electron chi connectivity index (χ4n) is 2.68. The van der Waals surface area contributed by atoms with Gasteiger partial charge in [-0.05, 0) is 41.0 Å². The van der Waals surface area contributed by atoms with E-state index in [1.165, 1.54) is 12.1 Å². The van der Waals surface area contributed by atoms with Crippen LogP contribution in [0.1, 0.15) is 28.8 Å². The number of nitrogens with one attached hydrogen (secondary N) is 1. The summed E-state index contributed by atoms with van der Waals surface area (Å²) in [7, 11) is 0. The van der Waals surface area contributed by atoms with Gasteiger partial charge in [0.25, 0.3) is 0 Å². The van der Waals surface area contributed by atoms with Gasteiger partial charge in [0.1, 0.15) is 22.2 Å². The van der Waals surface area contributed by atoms with Crippen LogP contribution in [0.15, 0.2) is 60.9 Å². The highest BCUT2D eigenvalue weighted by Crippen LogP contribution is 2.36. The predicted octanol–water partition coefficient (Wildman–Crippen LogP) is 6.03. The molecule has 1 N–H and O–H groups in total. The summed E-state index contributed by atoms with van der Waals surface area (Å²) in [6, 6.07) is 12.6. The molecular weight excluding hydrogens is 484 g/mol. The van der Waals surface area contributed by atoms with E-state index in [1.54, 1.807) is 42.7 Å². The van der Waals surface area contributed by atoms with Gasteiger partial charge in [-0.3, -0.25) is 0 Å². The van der Waals surface area contributed by atoms with Crippen molar-refractivity contribution >= 4 is 45.2 Å². The molecule has 0 aliphatic carbocycles. The summed E-state index contributed by atoms with van der Waals surface area (Å²) in [6.07, 6.45) is 2.17. The van der Waals surface area contributed by atoms with E-state index < -0.39 is 18.2 Å². The van der Waals surface area contributed by atoms with Gasteiger partial charge in [-0.1, -0.05) is 63.4 Å². The molecule has 150 valence electrons. The summed E-state index contributed by atoms with van der Waals surface area (Å²) in [5.41, 5.74) is 2.47. The molecule has 9 heteroatoms. The minimum atomic E-state index is -0.596. The summed E-state index contributed by atoms with van der Waals surface area (Å²) in [5.74, 6) is -0.376. The first kappa shape index (κ1) is 21.5. The molecule has 2 atom stereocenters. The monoisotopic (exact) mass is 497 g/mol. The van der Waals surface area contributed by atoms with Gasteiger partial charge in [-0.25, -0.2) is 19.2 Å². The molecule has 3 heterocycles. The van der Waals surface area contributed by atoms with E-state index in [-0.39, 0.29) is 5.82 Å². The standard InChI is InChI=1S/C14H10ClFN2O2.C6H5BrClN/c15-11-5-4-9(7-17-11)12-13(20-14(19)18-12)8-2-1-3-10(16)6-8;7-3-5-1-2-6(8)9-4-5/h1-7,12-13H,(H,18,19);1-2,4H,3H2/t12-,13-;/m1./s1. The SMILES string of the molecule is Clc1ccc(CBr)cn1.O=C1N[C@H](c2ccc(Cl)nc2)[C@@H](c2cccc(F)c2)O1. The van der Waals surface area contributed by atoms with Gasteiger partial charge in [-0.2, -0.15) is 0 Å². The van der Waals surface area contributed by atoms with E-state index in [0.29, 0.717) is 15.9 Å². The van der Waals surface area contributed by atoms with Gasteiger partial charge in [0.05, 0.1) is 0 Å². The molecule has 2 aromatic heterocycles. The predicted molar refractivity (Wildman–Crippen MR) is 113 cm³/mol. The summed E-state index contributed by atoms with van der Waals surface area (Å²) < 4.78 is 18.5. The zero-order valence-electron chi connectivity index (χ0n) is 14.9. The van der Waals surface area contributed by atoms with Crippen LogP contribution in [0, 0.1) is 5.82 Å². The van der Waals surface area contributed by atoms with Crippen LogP contribution in [0.3, 0.4) is 0 Å². The summed E-state index contributed by atoms with van der Waals surface area (Å²) in [6.45, 7) is 0. The maximum Gasteiger partial charge on any atom is 0.408 e. The number of carbonyl (C=O) groups is 1. The summed E-state index contributed by atoms with van der Waals surface area (Å²) in [4.78, 5) is 19.4. The van der Waals surface area contributed by atoms with Crippen molar-refractivity contribution in [2.45, 2.75) is 17.5 Å². The molecule has 29 heavy (non-hydrogen) atoms. The maximum absolute atomic E-state index is 13.3. The highest BCUT2D eigenvalue weighted by Gasteiger charge is 2.36. The van der Waals surface area contributed by atoms with Crippen molar-refractivity contribution in [2.24, 2.45) is 0 Å². The van der Waals surface area contributed by atoms with Crippen LogP contribution in [-0.2, 0) is 10.1 Å². The lowest BCUT2D eigenvalue weighted by atomic mass is 9.98. The Morgan fingerprint density at radius 1 is 1.03 bits per heavy atom. The van der Waals surface area contributed by atoms with Gasteiger partial charge in [0, 0.05) is 17.7 Å². The Hall–Kier alpha value is -2.22. The molecule has 4 rings (SSSR count). The number of carbonyl (C=O) groups excluding carboxylic acids is 1. The third-order valence-corrected chi connectivity index (χ3v) is 5.13. The summed E-state index contributed by atoms with van der Waals surface area (Å²) >= 11 is 14.6. The molecule has 0 spiro atoms. The van der Waals surface area contributed by atoms with Gasteiger partial charge in [-0.15, -0.1) is 0 Å². The quantitative estimate of drug-likeness (QED) is 0.354. The van der Waals surface area contributed by atoms with Crippen molar-refractivity contribution in [1.29, 1.82) is 0 Å². The minimum Gasteiger partial charge on any atom is -0.439 e. The number of nitrogens with zero attached hydrogens (tertiary/aromatic N) is 2.